The van der Waals surface area contributed by atoms with E-state index in [2.05, 4.69) is 21.1 Å². The summed E-state index contributed by atoms with van der Waals surface area (Å²) in [5.74, 6) is -1.24. The van der Waals surface area contributed by atoms with Crippen LogP contribution in [0.1, 0.15) is 57.5 Å². The number of carbonyl (C=O) groups is 4. The van der Waals surface area contributed by atoms with Crippen LogP contribution < -0.4 is 20.3 Å². The smallest absolute Gasteiger partial charge is 0.343 e. The number of nitrogens with one attached hydrogen (secondary N) is 2. The first kappa shape index (κ1) is 33.6. The Morgan fingerprint density at radius 2 is 0.935 bits per heavy atom. The van der Waals surface area contributed by atoms with Crippen molar-refractivity contribution in [1.82, 2.24) is 10.9 Å². The number of para-hydroxylation sites is 2. The van der Waals surface area contributed by atoms with Crippen LogP contribution in [-0.2, 0) is 9.59 Å². The molecule has 2 amide bonds. The second-order valence-electron chi connectivity index (χ2n) is 9.66. The molecule has 4 aromatic rings. The number of nitrogens with zero attached hydrogens (tertiary/aromatic N) is 2. The zero-order valence-corrected chi connectivity index (χ0v) is 25.8. The molecule has 0 bridgehead atoms. The van der Waals surface area contributed by atoms with Gasteiger partial charge in [-0.3, -0.25) is 9.59 Å². The van der Waals surface area contributed by atoms with Gasteiger partial charge < -0.3 is 9.47 Å². The highest BCUT2D eigenvalue weighted by molar-refractivity contribution is 6.31. The van der Waals surface area contributed by atoms with Crippen LogP contribution in [0.15, 0.2) is 107 Å². The Balaban J connectivity index is 1.16. The van der Waals surface area contributed by atoms with Gasteiger partial charge in [0.2, 0.25) is 11.8 Å². The Labute approximate surface area is 275 Å². The van der Waals surface area contributed by atoms with Gasteiger partial charge in [0.25, 0.3) is 0 Å². The van der Waals surface area contributed by atoms with E-state index in [4.69, 9.17) is 32.7 Å². The number of carbonyl (C=O) groups excluding carboxylic acids is 4. The number of amides is 2. The highest BCUT2D eigenvalue weighted by Crippen LogP contribution is 2.20. The zero-order valence-electron chi connectivity index (χ0n) is 24.3. The van der Waals surface area contributed by atoms with Crippen LogP contribution >= 0.6 is 23.2 Å². The van der Waals surface area contributed by atoms with E-state index >= 15 is 0 Å². The fourth-order valence-electron chi connectivity index (χ4n) is 3.88. The molecule has 234 valence electrons. The molecule has 0 saturated heterocycles. The Morgan fingerprint density at radius 3 is 1.33 bits per heavy atom. The monoisotopic (exact) mass is 658 g/mol. The summed E-state index contributed by atoms with van der Waals surface area (Å²) >= 11 is 11.7. The minimum absolute atomic E-state index is 0.146. The maximum atomic E-state index is 12.4. The maximum Gasteiger partial charge on any atom is 0.343 e. The lowest BCUT2D eigenvalue weighted by Gasteiger charge is -2.07. The third kappa shape index (κ3) is 10.7. The summed E-state index contributed by atoms with van der Waals surface area (Å²) in [6.45, 7) is 0. The van der Waals surface area contributed by atoms with Gasteiger partial charge in [-0.25, -0.2) is 20.4 Å². The number of hydrogen-bond acceptors (Lipinski definition) is 8. The predicted octanol–water partition coefficient (Wildman–Crippen LogP) is 6.59. The SMILES string of the molecule is O=C(CCCCC(=O)N/N=C/c1ccccc1OC(=O)c1ccc(Cl)cc1)N/N=C/c1ccccc1OC(=O)c1ccc(Cl)cc1. The molecule has 10 nitrogen and oxygen atoms in total. The predicted molar refractivity (Wildman–Crippen MR) is 176 cm³/mol. The molecule has 4 rings (SSSR count). The summed E-state index contributed by atoms with van der Waals surface area (Å²) in [5, 5.41) is 8.92. The number of rotatable bonds is 13. The van der Waals surface area contributed by atoms with Crippen molar-refractivity contribution in [3.63, 3.8) is 0 Å². The Bertz CT molecular complexity index is 1610. The van der Waals surface area contributed by atoms with Gasteiger partial charge in [0.1, 0.15) is 11.5 Å². The largest absolute Gasteiger partial charge is 0.422 e. The van der Waals surface area contributed by atoms with Crippen molar-refractivity contribution < 1.29 is 28.7 Å². The van der Waals surface area contributed by atoms with E-state index < -0.39 is 11.9 Å². The van der Waals surface area contributed by atoms with Crippen LogP contribution in [0.25, 0.3) is 0 Å². The standard InChI is InChI=1S/C34H28Cl2N4O6/c35-27-17-13-23(14-18-27)33(43)45-29-9-3-1-7-25(29)21-37-39-31(41)11-5-6-12-32(42)40-38-22-26-8-2-4-10-30(26)46-34(44)24-15-19-28(36)20-16-24/h1-4,7-10,13-22H,5-6,11-12H2,(H,39,41)(H,40,42)/b37-21+,38-22+. The summed E-state index contributed by atoms with van der Waals surface area (Å²) in [6, 6.07) is 26.1. The third-order valence-electron chi connectivity index (χ3n) is 6.25. The minimum atomic E-state index is -0.558. The first-order chi connectivity index (χ1) is 22.3. The quantitative estimate of drug-likeness (QED) is 0.0547. The van der Waals surface area contributed by atoms with Crippen molar-refractivity contribution in [3.05, 3.63) is 129 Å². The average molecular weight is 660 g/mol. The van der Waals surface area contributed by atoms with Crippen molar-refractivity contribution in [3.8, 4) is 11.5 Å². The normalized spacial score (nSPS) is 10.9. The van der Waals surface area contributed by atoms with E-state index in [0.717, 1.165) is 0 Å². The van der Waals surface area contributed by atoms with Gasteiger partial charge in [-0.2, -0.15) is 10.2 Å². The van der Waals surface area contributed by atoms with Gasteiger partial charge in [-0.1, -0.05) is 47.5 Å². The molecular formula is C34H28Cl2N4O6. The topological polar surface area (TPSA) is 136 Å². The molecule has 0 unspecified atom stereocenters. The van der Waals surface area contributed by atoms with Gasteiger partial charge in [-0.05, 0) is 85.6 Å². The fraction of sp³-hybridized carbons (Fsp3) is 0.118. The molecule has 0 aliphatic carbocycles. The average Bonchev–Trinajstić information content (AvgIpc) is 3.05. The number of hydrogen-bond donors (Lipinski definition) is 2. The van der Waals surface area contributed by atoms with E-state index in [0.29, 0.717) is 45.1 Å². The van der Waals surface area contributed by atoms with Crippen LogP contribution in [0.4, 0.5) is 0 Å². The highest BCUT2D eigenvalue weighted by atomic mass is 35.5. The summed E-state index contributed by atoms with van der Waals surface area (Å²) in [5.41, 5.74) is 6.52. The molecule has 0 fully saturated rings. The zero-order chi connectivity index (χ0) is 32.7. The maximum absolute atomic E-state index is 12.4. The van der Waals surface area contributed by atoms with Crippen LogP contribution in [0.5, 0.6) is 11.5 Å². The third-order valence-corrected chi connectivity index (χ3v) is 6.75. The van der Waals surface area contributed by atoms with Crippen molar-refractivity contribution in [1.29, 1.82) is 0 Å². The fourth-order valence-corrected chi connectivity index (χ4v) is 4.13. The second-order valence-corrected chi connectivity index (χ2v) is 10.5. The Morgan fingerprint density at radius 1 is 0.565 bits per heavy atom. The minimum Gasteiger partial charge on any atom is -0.422 e. The molecule has 0 aliphatic heterocycles. The highest BCUT2D eigenvalue weighted by Gasteiger charge is 2.12. The first-order valence-corrected chi connectivity index (χ1v) is 14.8. The van der Waals surface area contributed by atoms with E-state index in [1.54, 1.807) is 97.1 Å². The van der Waals surface area contributed by atoms with Gasteiger partial charge in [0.05, 0.1) is 23.6 Å². The Hall–Kier alpha value is -5.32. The summed E-state index contributed by atoms with van der Waals surface area (Å²) in [4.78, 5) is 49.3. The molecule has 0 aliphatic rings. The molecular weight excluding hydrogens is 631 g/mol. The first-order valence-electron chi connectivity index (χ1n) is 14.1. The van der Waals surface area contributed by atoms with Gasteiger partial charge in [-0.15, -0.1) is 0 Å². The van der Waals surface area contributed by atoms with E-state index in [1.807, 2.05) is 0 Å². The molecule has 0 heterocycles. The Kier molecular flexibility index (Phi) is 12.6. The number of ether oxygens (including phenoxy) is 2. The number of hydrazone groups is 2. The number of halogens is 2. The lowest BCUT2D eigenvalue weighted by atomic mass is 10.2. The number of esters is 2. The van der Waals surface area contributed by atoms with E-state index in [-0.39, 0.29) is 36.2 Å². The molecule has 0 aromatic heterocycles. The van der Waals surface area contributed by atoms with Crippen molar-refractivity contribution in [2.75, 3.05) is 0 Å². The molecule has 12 heteroatoms. The second kappa shape index (κ2) is 17.2. The van der Waals surface area contributed by atoms with Crippen molar-refractivity contribution in [2.24, 2.45) is 10.2 Å². The summed E-state index contributed by atoms with van der Waals surface area (Å²) in [6.07, 6.45) is 3.94. The molecule has 0 saturated carbocycles. The molecule has 4 aromatic carbocycles. The van der Waals surface area contributed by atoms with Crippen LogP contribution in [0.2, 0.25) is 10.0 Å². The van der Waals surface area contributed by atoms with Crippen LogP contribution in [-0.4, -0.2) is 36.2 Å². The van der Waals surface area contributed by atoms with Crippen molar-refractivity contribution >= 4 is 59.4 Å². The van der Waals surface area contributed by atoms with Crippen LogP contribution in [0.3, 0.4) is 0 Å². The lowest BCUT2D eigenvalue weighted by Crippen LogP contribution is -2.19. The van der Waals surface area contributed by atoms with Crippen LogP contribution in [0, 0.1) is 0 Å². The molecule has 0 radical (unpaired) electrons. The number of unbranched alkanes of at least 4 members (excludes halogenated alkanes) is 1. The number of benzene rings is 4. The van der Waals surface area contributed by atoms with E-state index in [1.165, 1.54) is 12.4 Å². The van der Waals surface area contributed by atoms with Gasteiger partial charge in [0.15, 0.2) is 0 Å². The van der Waals surface area contributed by atoms with Gasteiger partial charge >= 0.3 is 11.9 Å². The molecule has 2 N–H and O–H groups in total. The summed E-state index contributed by atoms with van der Waals surface area (Å²) < 4.78 is 10.9. The van der Waals surface area contributed by atoms with Crippen molar-refractivity contribution in [2.45, 2.75) is 25.7 Å². The summed E-state index contributed by atoms with van der Waals surface area (Å²) in [7, 11) is 0. The molecule has 0 spiro atoms. The lowest BCUT2D eigenvalue weighted by molar-refractivity contribution is -0.123. The van der Waals surface area contributed by atoms with Gasteiger partial charge in [0, 0.05) is 34.0 Å². The molecule has 46 heavy (non-hydrogen) atoms. The van der Waals surface area contributed by atoms with E-state index in [9.17, 15) is 19.2 Å². The molecule has 0 atom stereocenters.